The molecule has 3 aromatic rings. The molecule has 3 aromatic carbocycles. The number of nitrogens with two attached hydrogens (primary N) is 1. The van der Waals surface area contributed by atoms with Crippen LogP contribution in [0.25, 0.3) is 0 Å². The fraction of sp³-hybridized carbons (Fsp3) is 0.167. The predicted molar refractivity (Wildman–Crippen MR) is 117 cm³/mol. The van der Waals surface area contributed by atoms with Crippen LogP contribution in [0.1, 0.15) is 27.0 Å². The SMILES string of the molecule is NC(=O)c1ccc(CN2c3ccccc3NC(=O)C2Cc2cccc(C(F)(F)F)c2)cc1O. The van der Waals surface area contributed by atoms with E-state index in [0.29, 0.717) is 22.5 Å². The number of para-hydroxylation sites is 2. The zero-order valence-corrected chi connectivity index (χ0v) is 17.3. The number of nitrogens with zero attached hydrogens (tertiary/aromatic N) is 1. The Morgan fingerprint density at radius 1 is 1.03 bits per heavy atom. The van der Waals surface area contributed by atoms with Gasteiger partial charge in [0.1, 0.15) is 11.8 Å². The molecule has 0 bridgehead atoms. The maximum atomic E-state index is 13.2. The Morgan fingerprint density at radius 3 is 2.48 bits per heavy atom. The number of phenols is 1. The smallest absolute Gasteiger partial charge is 0.416 e. The summed E-state index contributed by atoms with van der Waals surface area (Å²) in [6.45, 7) is 0.167. The van der Waals surface area contributed by atoms with E-state index in [2.05, 4.69) is 5.32 Å². The van der Waals surface area contributed by atoms with E-state index in [1.54, 1.807) is 41.3 Å². The third-order valence-electron chi connectivity index (χ3n) is 5.51. The quantitative estimate of drug-likeness (QED) is 0.540. The van der Waals surface area contributed by atoms with Crippen molar-refractivity contribution in [2.75, 3.05) is 10.2 Å². The molecule has 1 atom stereocenters. The molecule has 0 spiro atoms. The van der Waals surface area contributed by atoms with Gasteiger partial charge in [0.05, 0.1) is 22.5 Å². The molecule has 4 rings (SSSR count). The van der Waals surface area contributed by atoms with Crippen molar-refractivity contribution in [2.45, 2.75) is 25.2 Å². The average molecular weight is 455 g/mol. The van der Waals surface area contributed by atoms with E-state index in [4.69, 9.17) is 5.73 Å². The summed E-state index contributed by atoms with van der Waals surface area (Å²) in [5, 5.41) is 13.0. The van der Waals surface area contributed by atoms with Gasteiger partial charge in [-0.3, -0.25) is 9.59 Å². The van der Waals surface area contributed by atoms with Crippen LogP contribution < -0.4 is 16.0 Å². The van der Waals surface area contributed by atoms with Gasteiger partial charge in [-0.1, -0.05) is 36.4 Å². The van der Waals surface area contributed by atoms with E-state index in [1.807, 2.05) is 0 Å². The van der Waals surface area contributed by atoms with Crippen LogP contribution in [0.2, 0.25) is 0 Å². The Bertz CT molecular complexity index is 1230. The minimum Gasteiger partial charge on any atom is -0.507 e. The van der Waals surface area contributed by atoms with Gasteiger partial charge in [-0.15, -0.1) is 0 Å². The monoisotopic (exact) mass is 455 g/mol. The molecule has 2 amide bonds. The van der Waals surface area contributed by atoms with Crippen molar-refractivity contribution in [1.29, 1.82) is 0 Å². The van der Waals surface area contributed by atoms with Gasteiger partial charge in [0, 0.05) is 13.0 Å². The molecule has 9 heteroatoms. The standard InChI is InChI=1S/C24H20F3N3O3/c25-24(26,27)16-5-3-4-14(10-16)11-20-23(33)29-18-6-1-2-7-19(18)30(20)13-15-8-9-17(22(28)32)21(31)12-15/h1-10,12,20,31H,11,13H2,(H2,28,32)(H,29,33). The number of primary amides is 1. The zero-order chi connectivity index (χ0) is 23.8. The van der Waals surface area contributed by atoms with Crippen LogP contribution >= 0.6 is 0 Å². The molecule has 0 saturated heterocycles. The number of anilines is 2. The molecule has 0 saturated carbocycles. The number of rotatable bonds is 5. The highest BCUT2D eigenvalue weighted by Crippen LogP contribution is 2.35. The Hall–Kier alpha value is -4.01. The van der Waals surface area contributed by atoms with Crippen molar-refractivity contribution < 1.29 is 27.9 Å². The summed E-state index contributed by atoms with van der Waals surface area (Å²) in [5.41, 5.74) is 6.64. The van der Waals surface area contributed by atoms with Crippen molar-refractivity contribution in [1.82, 2.24) is 0 Å². The lowest BCUT2D eigenvalue weighted by molar-refractivity contribution is -0.137. The number of benzene rings is 3. The van der Waals surface area contributed by atoms with Crippen LogP contribution in [0.3, 0.4) is 0 Å². The van der Waals surface area contributed by atoms with E-state index in [9.17, 15) is 27.9 Å². The Balaban J connectivity index is 1.70. The van der Waals surface area contributed by atoms with Gasteiger partial charge in [-0.2, -0.15) is 13.2 Å². The minimum atomic E-state index is -4.49. The number of alkyl halides is 3. The summed E-state index contributed by atoms with van der Waals surface area (Å²) in [6, 6.07) is 15.6. The molecule has 0 aliphatic carbocycles. The maximum Gasteiger partial charge on any atom is 0.416 e. The molecular formula is C24H20F3N3O3. The van der Waals surface area contributed by atoms with Gasteiger partial charge >= 0.3 is 6.18 Å². The summed E-state index contributed by atoms with van der Waals surface area (Å²) in [7, 11) is 0. The van der Waals surface area contributed by atoms with Gasteiger partial charge in [0.25, 0.3) is 5.91 Å². The predicted octanol–water partition coefficient (Wildman–Crippen LogP) is 4.08. The van der Waals surface area contributed by atoms with Crippen LogP contribution in [0, 0.1) is 0 Å². The number of amides is 2. The normalized spacial score (nSPS) is 15.7. The molecule has 0 aromatic heterocycles. The Kier molecular flexibility index (Phi) is 5.71. The molecule has 4 N–H and O–H groups in total. The third-order valence-corrected chi connectivity index (χ3v) is 5.51. The third kappa shape index (κ3) is 4.62. The van der Waals surface area contributed by atoms with Gasteiger partial charge < -0.3 is 21.1 Å². The zero-order valence-electron chi connectivity index (χ0n) is 17.3. The topological polar surface area (TPSA) is 95.7 Å². The van der Waals surface area contributed by atoms with E-state index in [0.717, 1.165) is 12.1 Å². The van der Waals surface area contributed by atoms with Crippen LogP contribution in [0.15, 0.2) is 66.7 Å². The molecule has 1 aliphatic heterocycles. The summed E-state index contributed by atoms with van der Waals surface area (Å²) < 4.78 is 39.5. The van der Waals surface area contributed by atoms with Crippen molar-refractivity contribution in [3.05, 3.63) is 89.0 Å². The maximum absolute atomic E-state index is 13.2. The first-order valence-corrected chi connectivity index (χ1v) is 10.1. The fourth-order valence-electron chi connectivity index (χ4n) is 3.93. The second-order valence-electron chi connectivity index (χ2n) is 7.77. The highest BCUT2D eigenvalue weighted by Gasteiger charge is 2.34. The number of hydrogen-bond acceptors (Lipinski definition) is 4. The van der Waals surface area contributed by atoms with E-state index in [1.165, 1.54) is 18.2 Å². The number of aromatic hydroxyl groups is 1. The highest BCUT2D eigenvalue weighted by atomic mass is 19.4. The highest BCUT2D eigenvalue weighted by molar-refractivity contribution is 6.03. The molecule has 170 valence electrons. The fourth-order valence-corrected chi connectivity index (χ4v) is 3.93. The minimum absolute atomic E-state index is 0.0314. The summed E-state index contributed by atoms with van der Waals surface area (Å²) >= 11 is 0. The number of nitrogens with one attached hydrogen (secondary N) is 1. The average Bonchev–Trinajstić information content (AvgIpc) is 2.75. The first kappa shape index (κ1) is 22.2. The largest absolute Gasteiger partial charge is 0.507 e. The van der Waals surface area contributed by atoms with Crippen LogP contribution in [-0.4, -0.2) is 23.0 Å². The van der Waals surface area contributed by atoms with Crippen molar-refractivity contribution >= 4 is 23.2 Å². The number of halogens is 3. The lowest BCUT2D eigenvalue weighted by atomic mass is 9.97. The van der Waals surface area contributed by atoms with Gasteiger partial charge in [0.2, 0.25) is 5.91 Å². The number of hydrogen-bond donors (Lipinski definition) is 3. The number of fused-ring (bicyclic) bond motifs is 1. The summed E-state index contributed by atoms with van der Waals surface area (Å²) in [5.74, 6) is -1.42. The Labute approximate surface area is 187 Å². The summed E-state index contributed by atoms with van der Waals surface area (Å²) in [4.78, 5) is 26.1. The molecule has 1 heterocycles. The molecule has 1 unspecified atom stereocenters. The van der Waals surface area contributed by atoms with Gasteiger partial charge in [-0.25, -0.2) is 0 Å². The lowest BCUT2D eigenvalue weighted by Crippen LogP contribution is -2.49. The van der Waals surface area contributed by atoms with Gasteiger partial charge in [0.15, 0.2) is 0 Å². The van der Waals surface area contributed by atoms with E-state index < -0.39 is 23.7 Å². The molecule has 0 fully saturated rings. The van der Waals surface area contributed by atoms with Crippen LogP contribution in [-0.2, 0) is 23.9 Å². The van der Waals surface area contributed by atoms with Gasteiger partial charge in [-0.05, 0) is 41.5 Å². The second kappa shape index (κ2) is 8.50. The molecule has 1 aliphatic rings. The first-order valence-electron chi connectivity index (χ1n) is 10.1. The van der Waals surface area contributed by atoms with Crippen molar-refractivity contribution in [2.24, 2.45) is 5.73 Å². The lowest BCUT2D eigenvalue weighted by Gasteiger charge is -2.38. The van der Waals surface area contributed by atoms with Crippen molar-refractivity contribution in [3.63, 3.8) is 0 Å². The van der Waals surface area contributed by atoms with Crippen LogP contribution in [0.5, 0.6) is 5.75 Å². The molecule has 6 nitrogen and oxygen atoms in total. The molecule has 0 radical (unpaired) electrons. The van der Waals surface area contributed by atoms with E-state index >= 15 is 0 Å². The second-order valence-corrected chi connectivity index (χ2v) is 7.77. The van der Waals surface area contributed by atoms with E-state index in [-0.39, 0.29) is 30.2 Å². The van der Waals surface area contributed by atoms with Crippen molar-refractivity contribution in [3.8, 4) is 5.75 Å². The summed E-state index contributed by atoms with van der Waals surface area (Å²) in [6.07, 6.45) is -4.45. The molecular weight excluding hydrogens is 435 g/mol. The Morgan fingerprint density at radius 2 is 1.79 bits per heavy atom. The number of carbonyl (C=O) groups excluding carboxylic acids is 2. The van der Waals surface area contributed by atoms with Crippen LogP contribution in [0.4, 0.5) is 24.5 Å². The number of carbonyl (C=O) groups is 2. The first-order chi connectivity index (χ1) is 15.6. The molecule has 33 heavy (non-hydrogen) atoms.